The standard InChI is InChI=1S/C27H23BrN2O5/c1-3-34-24-15-18(11-12-23(24)35-16-19-8-4-5-10-22(19)28)14-21-25(31)29-27(33)30(26(21)32)20-9-6-7-17(2)13-20/h4-15H,3,16H2,1-2H3,(H,29,31,33)/b21-14+. The number of halogens is 1. The van der Waals surface area contributed by atoms with Gasteiger partial charge >= 0.3 is 6.03 Å². The summed E-state index contributed by atoms with van der Waals surface area (Å²) < 4.78 is 12.7. The maximum Gasteiger partial charge on any atom is 0.335 e. The number of barbiturate groups is 1. The predicted octanol–water partition coefficient (Wildman–Crippen LogP) is 5.40. The molecule has 1 N–H and O–H groups in total. The average molecular weight is 535 g/mol. The third kappa shape index (κ3) is 5.44. The molecule has 7 nitrogen and oxygen atoms in total. The summed E-state index contributed by atoms with van der Waals surface area (Å²) in [6.45, 7) is 4.44. The Morgan fingerprint density at radius 3 is 2.49 bits per heavy atom. The molecule has 1 fully saturated rings. The van der Waals surface area contributed by atoms with Gasteiger partial charge in [0.15, 0.2) is 11.5 Å². The number of imide groups is 2. The second-order valence-corrected chi connectivity index (χ2v) is 8.67. The van der Waals surface area contributed by atoms with Crippen LogP contribution < -0.4 is 19.7 Å². The Morgan fingerprint density at radius 1 is 0.943 bits per heavy atom. The zero-order valence-electron chi connectivity index (χ0n) is 19.2. The summed E-state index contributed by atoms with van der Waals surface area (Å²) in [5.74, 6) is -0.447. The van der Waals surface area contributed by atoms with Crippen LogP contribution in [0.3, 0.4) is 0 Å². The molecule has 4 rings (SSSR count). The van der Waals surface area contributed by atoms with Crippen LogP contribution in [0.2, 0.25) is 0 Å². The number of aryl methyl sites for hydroxylation is 1. The first-order valence-electron chi connectivity index (χ1n) is 11.0. The Bertz CT molecular complexity index is 1330. The fraction of sp³-hybridized carbons (Fsp3) is 0.148. The molecule has 178 valence electrons. The summed E-state index contributed by atoms with van der Waals surface area (Å²) >= 11 is 3.51. The van der Waals surface area contributed by atoms with E-state index in [-0.39, 0.29) is 5.57 Å². The highest BCUT2D eigenvalue weighted by Crippen LogP contribution is 2.31. The molecule has 1 aliphatic rings. The van der Waals surface area contributed by atoms with Gasteiger partial charge in [-0.05, 0) is 61.4 Å². The largest absolute Gasteiger partial charge is 0.490 e. The van der Waals surface area contributed by atoms with E-state index in [0.29, 0.717) is 36.0 Å². The molecule has 0 aliphatic carbocycles. The minimum Gasteiger partial charge on any atom is -0.490 e. The van der Waals surface area contributed by atoms with Crippen LogP contribution in [-0.4, -0.2) is 24.5 Å². The summed E-state index contributed by atoms with van der Waals surface area (Å²) in [6, 6.07) is 19.1. The number of nitrogens with one attached hydrogen (secondary N) is 1. The molecule has 35 heavy (non-hydrogen) atoms. The van der Waals surface area contributed by atoms with Crippen molar-refractivity contribution in [2.45, 2.75) is 20.5 Å². The fourth-order valence-electron chi connectivity index (χ4n) is 3.60. The number of amides is 4. The van der Waals surface area contributed by atoms with Crippen molar-refractivity contribution in [3.63, 3.8) is 0 Å². The lowest BCUT2D eigenvalue weighted by Gasteiger charge is -2.26. The number of hydrogen-bond donors (Lipinski definition) is 1. The van der Waals surface area contributed by atoms with Crippen molar-refractivity contribution in [1.29, 1.82) is 0 Å². The number of benzene rings is 3. The van der Waals surface area contributed by atoms with Gasteiger partial charge in [-0.3, -0.25) is 14.9 Å². The van der Waals surface area contributed by atoms with Crippen LogP contribution in [0, 0.1) is 6.92 Å². The van der Waals surface area contributed by atoms with Gasteiger partial charge in [0.05, 0.1) is 12.3 Å². The van der Waals surface area contributed by atoms with E-state index < -0.39 is 17.8 Å². The molecule has 0 atom stereocenters. The number of carbonyl (C=O) groups excluding carboxylic acids is 3. The van der Waals surface area contributed by atoms with Crippen molar-refractivity contribution in [2.24, 2.45) is 0 Å². The first-order valence-corrected chi connectivity index (χ1v) is 11.8. The minimum absolute atomic E-state index is 0.157. The number of ether oxygens (including phenoxy) is 2. The maximum atomic E-state index is 13.1. The SMILES string of the molecule is CCOc1cc(/C=C2\C(=O)NC(=O)N(c3cccc(C)c3)C2=O)ccc1OCc1ccccc1Br. The van der Waals surface area contributed by atoms with Crippen LogP contribution in [0.4, 0.5) is 10.5 Å². The van der Waals surface area contributed by atoms with Crippen LogP contribution in [-0.2, 0) is 16.2 Å². The summed E-state index contributed by atoms with van der Waals surface area (Å²) in [5, 5.41) is 2.24. The van der Waals surface area contributed by atoms with Gasteiger partial charge < -0.3 is 9.47 Å². The molecule has 0 bridgehead atoms. The van der Waals surface area contributed by atoms with Crippen LogP contribution >= 0.6 is 15.9 Å². The Kier molecular flexibility index (Phi) is 7.31. The quantitative estimate of drug-likeness (QED) is 0.324. The summed E-state index contributed by atoms with van der Waals surface area (Å²) in [7, 11) is 0. The third-order valence-corrected chi connectivity index (χ3v) is 6.05. The first-order chi connectivity index (χ1) is 16.9. The normalized spacial score (nSPS) is 14.8. The molecule has 0 radical (unpaired) electrons. The van der Waals surface area contributed by atoms with Crippen molar-refractivity contribution in [2.75, 3.05) is 11.5 Å². The highest BCUT2D eigenvalue weighted by Gasteiger charge is 2.36. The van der Waals surface area contributed by atoms with Crippen LogP contribution in [0.15, 0.2) is 76.8 Å². The molecular formula is C27H23BrN2O5. The molecule has 1 saturated heterocycles. The molecule has 0 unspecified atom stereocenters. The first kappa shape index (κ1) is 24.2. The molecule has 3 aromatic rings. The Labute approximate surface area is 211 Å². The zero-order chi connectivity index (χ0) is 24.9. The molecule has 0 saturated carbocycles. The number of urea groups is 1. The molecule has 0 spiro atoms. The van der Waals surface area contributed by atoms with Gasteiger partial charge in [-0.15, -0.1) is 0 Å². The van der Waals surface area contributed by atoms with E-state index in [9.17, 15) is 14.4 Å². The molecule has 3 aromatic carbocycles. The summed E-state index contributed by atoms with van der Waals surface area (Å²) in [4.78, 5) is 39.1. The average Bonchev–Trinajstić information content (AvgIpc) is 2.82. The van der Waals surface area contributed by atoms with Gasteiger partial charge in [-0.25, -0.2) is 9.69 Å². The van der Waals surface area contributed by atoms with Gasteiger partial charge in [0, 0.05) is 10.0 Å². The molecule has 4 amide bonds. The van der Waals surface area contributed by atoms with E-state index in [1.165, 1.54) is 6.08 Å². The topological polar surface area (TPSA) is 84.9 Å². The summed E-state index contributed by atoms with van der Waals surface area (Å²) in [5.41, 5.74) is 2.64. The van der Waals surface area contributed by atoms with E-state index in [0.717, 1.165) is 20.5 Å². The van der Waals surface area contributed by atoms with E-state index in [1.54, 1.807) is 36.4 Å². The Balaban J connectivity index is 1.62. The number of carbonyl (C=O) groups is 3. The second-order valence-electron chi connectivity index (χ2n) is 7.82. The predicted molar refractivity (Wildman–Crippen MR) is 136 cm³/mol. The monoisotopic (exact) mass is 534 g/mol. The van der Waals surface area contributed by atoms with Crippen molar-refractivity contribution >= 4 is 45.5 Å². The Morgan fingerprint density at radius 2 is 1.74 bits per heavy atom. The Hall–Kier alpha value is -3.91. The fourth-order valence-corrected chi connectivity index (χ4v) is 4.00. The summed E-state index contributed by atoms with van der Waals surface area (Å²) in [6.07, 6.45) is 1.44. The molecule has 8 heteroatoms. The lowest BCUT2D eigenvalue weighted by molar-refractivity contribution is -0.122. The van der Waals surface area contributed by atoms with E-state index in [1.807, 2.05) is 44.2 Å². The van der Waals surface area contributed by atoms with Crippen molar-refractivity contribution in [1.82, 2.24) is 5.32 Å². The maximum absolute atomic E-state index is 13.1. The van der Waals surface area contributed by atoms with Crippen molar-refractivity contribution < 1.29 is 23.9 Å². The highest BCUT2D eigenvalue weighted by molar-refractivity contribution is 9.10. The second kappa shape index (κ2) is 10.6. The lowest BCUT2D eigenvalue weighted by atomic mass is 10.1. The zero-order valence-corrected chi connectivity index (χ0v) is 20.8. The molecule has 1 aliphatic heterocycles. The van der Waals surface area contributed by atoms with E-state index in [2.05, 4.69) is 21.2 Å². The number of nitrogens with zero attached hydrogens (tertiary/aromatic N) is 1. The molecule has 1 heterocycles. The van der Waals surface area contributed by atoms with E-state index >= 15 is 0 Å². The number of anilines is 1. The number of rotatable bonds is 7. The lowest BCUT2D eigenvalue weighted by Crippen LogP contribution is -2.54. The minimum atomic E-state index is -0.784. The smallest absolute Gasteiger partial charge is 0.335 e. The van der Waals surface area contributed by atoms with Gasteiger partial charge in [0.1, 0.15) is 12.2 Å². The van der Waals surface area contributed by atoms with Crippen molar-refractivity contribution in [3.05, 3.63) is 93.5 Å². The van der Waals surface area contributed by atoms with Crippen LogP contribution in [0.1, 0.15) is 23.6 Å². The van der Waals surface area contributed by atoms with Crippen LogP contribution in [0.25, 0.3) is 6.08 Å². The van der Waals surface area contributed by atoms with Gasteiger partial charge in [-0.2, -0.15) is 0 Å². The molecular weight excluding hydrogens is 512 g/mol. The third-order valence-electron chi connectivity index (χ3n) is 5.28. The van der Waals surface area contributed by atoms with E-state index in [4.69, 9.17) is 9.47 Å². The van der Waals surface area contributed by atoms with Gasteiger partial charge in [-0.1, -0.05) is 52.3 Å². The van der Waals surface area contributed by atoms with Gasteiger partial charge in [0.2, 0.25) is 0 Å². The van der Waals surface area contributed by atoms with Gasteiger partial charge in [0.25, 0.3) is 11.8 Å². The van der Waals surface area contributed by atoms with Crippen molar-refractivity contribution in [3.8, 4) is 11.5 Å². The van der Waals surface area contributed by atoms with Crippen LogP contribution in [0.5, 0.6) is 11.5 Å². The number of hydrogen-bond acceptors (Lipinski definition) is 5. The highest BCUT2D eigenvalue weighted by atomic mass is 79.9. The molecule has 0 aromatic heterocycles.